The van der Waals surface area contributed by atoms with E-state index >= 15 is 0 Å². The quantitative estimate of drug-likeness (QED) is 0.403. The summed E-state index contributed by atoms with van der Waals surface area (Å²) in [6.07, 6.45) is 5.74. The van der Waals surface area contributed by atoms with Crippen LogP contribution in [0.3, 0.4) is 0 Å². The Kier molecular flexibility index (Phi) is 6.44. The van der Waals surface area contributed by atoms with E-state index in [4.69, 9.17) is 9.47 Å². The predicted octanol–water partition coefficient (Wildman–Crippen LogP) is 5.27. The first-order valence-corrected chi connectivity index (χ1v) is 12.7. The summed E-state index contributed by atoms with van der Waals surface area (Å²) in [4.78, 5) is 40.1. The molecule has 0 radical (unpaired) electrons. The average molecular weight is 506 g/mol. The van der Waals surface area contributed by atoms with Crippen molar-refractivity contribution in [2.75, 3.05) is 18.4 Å². The van der Waals surface area contributed by atoms with Crippen LogP contribution < -0.4 is 10.1 Å². The molecule has 0 bridgehead atoms. The zero-order valence-corrected chi connectivity index (χ0v) is 21.2. The van der Waals surface area contributed by atoms with Gasteiger partial charge in [0.05, 0.1) is 27.0 Å². The number of anilines is 1. The minimum absolute atomic E-state index is 0.116. The second kappa shape index (κ2) is 9.69. The minimum atomic E-state index is -0.532. The van der Waals surface area contributed by atoms with Crippen molar-refractivity contribution in [3.05, 3.63) is 53.9 Å². The van der Waals surface area contributed by atoms with Crippen LogP contribution >= 0.6 is 11.3 Å². The Hall–Kier alpha value is -3.79. The summed E-state index contributed by atoms with van der Waals surface area (Å²) in [6.45, 7) is 6.64. The van der Waals surface area contributed by atoms with Gasteiger partial charge < -0.3 is 19.7 Å². The molecule has 0 spiro atoms. The molecule has 5 rings (SSSR count). The lowest BCUT2D eigenvalue weighted by molar-refractivity contribution is 0.0127. The summed E-state index contributed by atoms with van der Waals surface area (Å²) >= 11 is 1.42. The zero-order chi connectivity index (χ0) is 25.3. The molecule has 0 unspecified atom stereocenters. The molecule has 1 aliphatic rings. The third kappa shape index (κ3) is 5.23. The number of piperidine rings is 1. The molecule has 4 heterocycles. The van der Waals surface area contributed by atoms with Crippen LogP contribution in [0.1, 0.15) is 44.0 Å². The van der Waals surface area contributed by atoms with Crippen molar-refractivity contribution in [2.45, 2.75) is 45.3 Å². The summed E-state index contributed by atoms with van der Waals surface area (Å²) in [6, 6.07) is 7.51. The van der Waals surface area contributed by atoms with Gasteiger partial charge in [-0.2, -0.15) is 0 Å². The monoisotopic (exact) mass is 505 g/mol. The topological polar surface area (TPSA) is 107 Å². The molecule has 0 aliphatic carbocycles. The Labute approximate surface area is 212 Å². The highest BCUT2D eigenvalue weighted by Gasteiger charge is 2.28. The number of amides is 2. The van der Waals surface area contributed by atoms with Gasteiger partial charge in [-0.05, 0) is 32.9 Å². The van der Waals surface area contributed by atoms with E-state index in [1.54, 1.807) is 22.7 Å². The molecule has 1 fully saturated rings. The van der Waals surface area contributed by atoms with E-state index in [1.807, 2.05) is 45.0 Å². The molecule has 186 valence electrons. The summed E-state index contributed by atoms with van der Waals surface area (Å²) in [5.74, 6) is 0.271. The molecule has 1 aliphatic heterocycles. The number of carbonyl (C=O) groups excluding carboxylic acids is 2. The van der Waals surface area contributed by atoms with E-state index in [2.05, 4.69) is 20.3 Å². The maximum Gasteiger partial charge on any atom is 0.410 e. The van der Waals surface area contributed by atoms with Crippen LogP contribution in [0.15, 0.2) is 48.4 Å². The molecule has 0 atom stereocenters. The van der Waals surface area contributed by atoms with Crippen molar-refractivity contribution in [1.29, 1.82) is 0 Å². The van der Waals surface area contributed by atoms with Crippen LogP contribution in [-0.2, 0) is 4.74 Å². The maximum atomic E-state index is 13.2. The van der Waals surface area contributed by atoms with Gasteiger partial charge in [-0.1, -0.05) is 6.07 Å². The summed E-state index contributed by atoms with van der Waals surface area (Å²) in [7, 11) is 0. The normalized spacial score (nSPS) is 14.7. The third-order valence-electron chi connectivity index (χ3n) is 5.82. The SMILES string of the molecule is CC(C)(C)OC(=O)N1CCC(Oc2cc3ncccc3cc2NC(=O)c2csc3cncnc23)CC1. The molecule has 9 nitrogen and oxygen atoms in total. The van der Waals surface area contributed by atoms with Gasteiger partial charge >= 0.3 is 6.09 Å². The van der Waals surface area contributed by atoms with Gasteiger partial charge in [-0.3, -0.25) is 9.78 Å². The molecule has 36 heavy (non-hydrogen) atoms. The van der Waals surface area contributed by atoms with Crippen molar-refractivity contribution in [1.82, 2.24) is 19.9 Å². The lowest BCUT2D eigenvalue weighted by Crippen LogP contribution is -2.44. The van der Waals surface area contributed by atoms with E-state index in [-0.39, 0.29) is 18.1 Å². The van der Waals surface area contributed by atoms with E-state index < -0.39 is 5.60 Å². The Morgan fingerprint density at radius 1 is 1.17 bits per heavy atom. The number of fused-ring (bicyclic) bond motifs is 2. The maximum absolute atomic E-state index is 13.2. The molecule has 1 aromatic carbocycles. The number of rotatable bonds is 4. The van der Waals surface area contributed by atoms with Crippen molar-refractivity contribution in [3.8, 4) is 5.75 Å². The van der Waals surface area contributed by atoms with Crippen LogP contribution in [0.2, 0.25) is 0 Å². The van der Waals surface area contributed by atoms with Gasteiger partial charge in [0.1, 0.15) is 23.8 Å². The van der Waals surface area contributed by atoms with E-state index in [0.717, 1.165) is 15.6 Å². The highest BCUT2D eigenvalue weighted by Crippen LogP contribution is 2.33. The lowest BCUT2D eigenvalue weighted by atomic mass is 10.1. The molecule has 4 aromatic rings. The Bertz CT molecular complexity index is 1420. The van der Waals surface area contributed by atoms with Crippen molar-refractivity contribution >= 4 is 50.1 Å². The third-order valence-corrected chi connectivity index (χ3v) is 6.73. The fraction of sp³-hybridized carbons (Fsp3) is 0.346. The predicted molar refractivity (Wildman–Crippen MR) is 139 cm³/mol. The molecule has 1 N–H and O–H groups in total. The number of pyridine rings is 1. The number of nitrogens with zero attached hydrogens (tertiary/aromatic N) is 4. The first-order valence-electron chi connectivity index (χ1n) is 11.8. The van der Waals surface area contributed by atoms with Crippen molar-refractivity contribution < 1.29 is 19.1 Å². The lowest BCUT2D eigenvalue weighted by Gasteiger charge is -2.33. The van der Waals surface area contributed by atoms with Gasteiger partial charge in [0.25, 0.3) is 5.91 Å². The van der Waals surface area contributed by atoms with Crippen LogP contribution in [0.4, 0.5) is 10.5 Å². The first kappa shape index (κ1) is 23.9. The van der Waals surface area contributed by atoms with Crippen LogP contribution in [0.25, 0.3) is 21.1 Å². The zero-order valence-electron chi connectivity index (χ0n) is 20.4. The number of ether oxygens (including phenoxy) is 2. The fourth-order valence-electron chi connectivity index (χ4n) is 4.09. The molecular formula is C26H27N5O4S. The Balaban J connectivity index is 1.35. The number of hydrogen-bond donors (Lipinski definition) is 1. The van der Waals surface area contributed by atoms with Gasteiger partial charge in [-0.25, -0.2) is 14.8 Å². The number of likely N-dealkylation sites (tertiary alicyclic amines) is 1. The van der Waals surface area contributed by atoms with Crippen LogP contribution in [0, 0.1) is 0 Å². The Morgan fingerprint density at radius 2 is 1.97 bits per heavy atom. The number of hydrogen-bond acceptors (Lipinski definition) is 8. The number of benzene rings is 1. The van der Waals surface area contributed by atoms with Crippen molar-refractivity contribution in [2.24, 2.45) is 0 Å². The fourth-order valence-corrected chi connectivity index (χ4v) is 4.95. The van der Waals surface area contributed by atoms with Crippen LogP contribution in [-0.4, -0.2) is 56.6 Å². The van der Waals surface area contributed by atoms with Gasteiger partial charge in [0.15, 0.2) is 0 Å². The number of carbonyl (C=O) groups is 2. The van der Waals surface area contributed by atoms with E-state index in [9.17, 15) is 9.59 Å². The molecule has 10 heteroatoms. The summed E-state index contributed by atoms with van der Waals surface area (Å²) in [5, 5.41) is 5.68. The highest BCUT2D eigenvalue weighted by molar-refractivity contribution is 7.17. The number of nitrogens with one attached hydrogen (secondary N) is 1. The molecule has 3 aromatic heterocycles. The molecule has 0 saturated carbocycles. The average Bonchev–Trinajstić information content (AvgIpc) is 3.28. The number of thiophene rings is 1. The summed E-state index contributed by atoms with van der Waals surface area (Å²) in [5.41, 5.74) is 1.90. The minimum Gasteiger partial charge on any atom is -0.488 e. The standard InChI is InChI=1S/C26H27N5O4S/c1-26(2,3)35-25(33)31-9-6-17(7-10-31)34-21-12-19-16(5-4-8-28-19)11-20(21)30-24(32)18-14-36-22-13-27-15-29-23(18)22/h4-5,8,11-15,17H,6-7,9-10H2,1-3H3,(H,30,32). The van der Waals surface area contributed by atoms with Crippen LogP contribution in [0.5, 0.6) is 5.75 Å². The second-order valence-electron chi connectivity index (χ2n) is 9.67. The molecular weight excluding hydrogens is 478 g/mol. The van der Waals surface area contributed by atoms with Gasteiger partial charge in [0.2, 0.25) is 0 Å². The largest absolute Gasteiger partial charge is 0.488 e. The smallest absolute Gasteiger partial charge is 0.410 e. The second-order valence-corrected chi connectivity index (χ2v) is 10.6. The number of aromatic nitrogens is 3. The molecule has 2 amide bonds. The summed E-state index contributed by atoms with van der Waals surface area (Å²) < 4.78 is 12.7. The highest BCUT2D eigenvalue weighted by atomic mass is 32.1. The van der Waals surface area contributed by atoms with Gasteiger partial charge in [0, 0.05) is 55.2 Å². The first-order chi connectivity index (χ1) is 17.3. The van der Waals surface area contributed by atoms with Crippen molar-refractivity contribution in [3.63, 3.8) is 0 Å². The Morgan fingerprint density at radius 3 is 2.75 bits per heavy atom. The van der Waals surface area contributed by atoms with E-state index in [0.29, 0.717) is 48.4 Å². The van der Waals surface area contributed by atoms with E-state index in [1.165, 1.54) is 17.7 Å². The van der Waals surface area contributed by atoms with Gasteiger partial charge in [-0.15, -0.1) is 11.3 Å². The molecule has 1 saturated heterocycles.